The highest BCUT2D eigenvalue weighted by Gasteiger charge is 2.09. The lowest BCUT2D eigenvalue weighted by Crippen LogP contribution is -2.01. The lowest BCUT2D eigenvalue weighted by atomic mass is 10.1. The summed E-state index contributed by atoms with van der Waals surface area (Å²) in [5, 5.41) is 8.92. The van der Waals surface area contributed by atoms with Crippen LogP contribution in [0.15, 0.2) is 24.3 Å². The van der Waals surface area contributed by atoms with Gasteiger partial charge in [0.1, 0.15) is 0 Å². The van der Waals surface area contributed by atoms with Gasteiger partial charge in [-0.25, -0.2) is 4.79 Å². The van der Waals surface area contributed by atoms with Gasteiger partial charge in [0, 0.05) is 0 Å². The molecule has 4 heteroatoms. The highest BCUT2D eigenvalue weighted by atomic mass is 35.5. The lowest BCUT2D eigenvalue weighted by Gasteiger charge is -2.02. The van der Waals surface area contributed by atoms with Crippen LogP contribution in [0.5, 0.6) is 0 Å². The first kappa shape index (κ1) is 11.8. The van der Waals surface area contributed by atoms with Gasteiger partial charge in [0.15, 0.2) is 0 Å². The van der Waals surface area contributed by atoms with E-state index in [0.717, 1.165) is 5.56 Å². The molecule has 15 heavy (non-hydrogen) atoms. The van der Waals surface area contributed by atoms with Crippen LogP contribution in [0.25, 0.3) is 6.08 Å². The monoisotopic (exact) mass is 226 g/mol. The second kappa shape index (κ2) is 5.53. The Morgan fingerprint density at radius 1 is 1.60 bits per heavy atom. The van der Waals surface area contributed by atoms with E-state index in [4.69, 9.17) is 16.7 Å². The van der Waals surface area contributed by atoms with Gasteiger partial charge in [-0.3, -0.25) is 0 Å². The molecule has 0 bridgehead atoms. The number of hydrogen-bond acceptors (Lipinski definition) is 3. The zero-order chi connectivity index (χ0) is 11.3. The second-order valence-corrected chi connectivity index (χ2v) is 3.22. The maximum Gasteiger partial charge on any atom is 0.339 e. The minimum absolute atomic E-state index is 0.0314. The molecular formula is C11H11ClO3. The van der Waals surface area contributed by atoms with Gasteiger partial charge >= 0.3 is 5.97 Å². The summed E-state index contributed by atoms with van der Waals surface area (Å²) in [6.45, 7) is -0.0314. The third-order valence-corrected chi connectivity index (χ3v) is 2.13. The molecule has 0 aliphatic heterocycles. The van der Waals surface area contributed by atoms with Crippen LogP contribution in [0.3, 0.4) is 0 Å². The predicted octanol–water partition coefficient (Wildman–Crippen LogP) is 2.13. The molecule has 3 nitrogen and oxygen atoms in total. The molecule has 1 rings (SSSR count). The number of aliphatic hydroxyl groups is 1. The first-order valence-corrected chi connectivity index (χ1v) is 4.72. The number of halogens is 1. The summed E-state index contributed by atoms with van der Waals surface area (Å²) >= 11 is 5.88. The molecule has 0 amide bonds. The van der Waals surface area contributed by atoms with Gasteiger partial charge in [-0.05, 0) is 17.7 Å². The summed E-state index contributed by atoms with van der Waals surface area (Å²) in [4.78, 5) is 11.2. The van der Waals surface area contributed by atoms with Crippen LogP contribution in [0.2, 0.25) is 5.02 Å². The van der Waals surface area contributed by atoms with Crippen LogP contribution in [-0.4, -0.2) is 24.8 Å². The molecular weight excluding hydrogens is 216 g/mol. The summed E-state index contributed by atoms with van der Waals surface area (Å²) in [5.41, 5.74) is 1.15. The molecule has 0 radical (unpaired) electrons. The quantitative estimate of drug-likeness (QED) is 0.804. The number of carbonyl (C=O) groups is 1. The molecule has 0 aromatic heterocycles. The van der Waals surface area contributed by atoms with Gasteiger partial charge in [0.25, 0.3) is 0 Å². The Kier molecular flexibility index (Phi) is 4.34. The summed E-state index contributed by atoms with van der Waals surface area (Å²) in [7, 11) is 1.30. The minimum atomic E-state index is -0.460. The van der Waals surface area contributed by atoms with Crippen LogP contribution < -0.4 is 0 Å². The van der Waals surface area contributed by atoms with Gasteiger partial charge in [-0.15, -0.1) is 0 Å². The highest BCUT2D eigenvalue weighted by Crippen LogP contribution is 2.19. The zero-order valence-corrected chi connectivity index (χ0v) is 8.99. The number of methoxy groups -OCH3 is 1. The van der Waals surface area contributed by atoms with E-state index in [0.29, 0.717) is 10.6 Å². The smallest absolute Gasteiger partial charge is 0.339 e. The zero-order valence-electron chi connectivity index (χ0n) is 8.24. The Hall–Kier alpha value is -1.32. The van der Waals surface area contributed by atoms with Gasteiger partial charge in [0.05, 0.1) is 24.3 Å². The van der Waals surface area contributed by atoms with Gasteiger partial charge in [-0.1, -0.05) is 29.8 Å². The molecule has 80 valence electrons. The average molecular weight is 227 g/mol. The van der Waals surface area contributed by atoms with Crippen molar-refractivity contribution < 1.29 is 14.6 Å². The highest BCUT2D eigenvalue weighted by molar-refractivity contribution is 6.33. The molecule has 0 saturated heterocycles. The number of esters is 1. The topological polar surface area (TPSA) is 46.5 Å². The number of carbonyl (C=O) groups excluding carboxylic acids is 1. The van der Waals surface area contributed by atoms with E-state index >= 15 is 0 Å². The summed E-state index contributed by atoms with van der Waals surface area (Å²) in [6.07, 6.45) is 3.30. The third kappa shape index (κ3) is 3.08. The van der Waals surface area contributed by atoms with Crippen molar-refractivity contribution in [1.82, 2.24) is 0 Å². The molecule has 1 aromatic carbocycles. The van der Waals surface area contributed by atoms with Crippen molar-refractivity contribution in [3.05, 3.63) is 40.4 Å². The van der Waals surface area contributed by atoms with Gasteiger partial charge < -0.3 is 9.84 Å². The fourth-order valence-electron chi connectivity index (χ4n) is 1.10. The predicted molar refractivity (Wildman–Crippen MR) is 58.9 cm³/mol. The fraction of sp³-hybridized carbons (Fsp3) is 0.182. The number of hydrogen-bond donors (Lipinski definition) is 1. The molecule has 1 N–H and O–H groups in total. The average Bonchev–Trinajstić information content (AvgIpc) is 2.25. The lowest BCUT2D eigenvalue weighted by molar-refractivity contribution is 0.0601. The molecule has 1 aromatic rings. The van der Waals surface area contributed by atoms with E-state index in [-0.39, 0.29) is 6.61 Å². The van der Waals surface area contributed by atoms with Crippen LogP contribution in [-0.2, 0) is 4.74 Å². The van der Waals surface area contributed by atoms with Crippen LogP contribution in [0, 0.1) is 0 Å². The maximum atomic E-state index is 11.2. The van der Waals surface area contributed by atoms with Crippen molar-refractivity contribution in [2.24, 2.45) is 0 Å². The van der Waals surface area contributed by atoms with E-state index in [9.17, 15) is 4.79 Å². The second-order valence-electron chi connectivity index (χ2n) is 2.82. The van der Waals surface area contributed by atoms with E-state index < -0.39 is 5.97 Å². The van der Waals surface area contributed by atoms with Crippen molar-refractivity contribution in [3.8, 4) is 0 Å². The number of rotatable bonds is 3. The standard InChI is InChI=1S/C11H11ClO3/c1-15-11(14)9-5-4-8(3-2-6-13)7-10(9)12/h2-5,7,13H,6H2,1H3. The Balaban J connectivity index is 2.98. The van der Waals surface area contributed by atoms with Crippen LogP contribution >= 0.6 is 11.6 Å². The largest absolute Gasteiger partial charge is 0.465 e. The third-order valence-electron chi connectivity index (χ3n) is 1.81. The Labute approximate surface area is 92.9 Å². The Morgan fingerprint density at radius 3 is 2.87 bits per heavy atom. The van der Waals surface area contributed by atoms with Crippen LogP contribution in [0.4, 0.5) is 0 Å². The number of aliphatic hydroxyl groups excluding tert-OH is 1. The summed E-state index contributed by atoms with van der Waals surface area (Å²) < 4.78 is 4.56. The van der Waals surface area contributed by atoms with Gasteiger partial charge in [0.2, 0.25) is 0 Å². The van der Waals surface area contributed by atoms with Crippen molar-refractivity contribution >= 4 is 23.6 Å². The summed E-state index contributed by atoms with van der Waals surface area (Å²) in [5.74, 6) is -0.460. The van der Waals surface area contributed by atoms with Crippen molar-refractivity contribution in [2.75, 3.05) is 13.7 Å². The number of ether oxygens (including phenoxy) is 1. The maximum absolute atomic E-state index is 11.2. The minimum Gasteiger partial charge on any atom is -0.465 e. The molecule has 0 atom stereocenters. The Bertz CT molecular complexity index is 385. The molecule has 0 spiro atoms. The molecule has 0 fully saturated rings. The van der Waals surface area contributed by atoms with Crippen molar-refractivity contribution in [1.29, 1.82) is 0 Å². The van der Waals surface area contributed by atoms with Crippen molar-refractivity contribution in [2.45, 2.75) is 0 Å². The first-order chi connectivity index (χ1) is 7.19. The van der Waals surface area contributed by atoms with Crippen molar-refractivity contribution in [3.63, 3.8) is 0 Å². The van der Waals surface area contributed by atoms with E-state index in [1.54, 1.807) is 30.4 Å². The Morgan fingerprint density at radius 2 is 2.33 bits per heavy atom. The molecule has 0 heterocycles. The summed E-state index contributed by atoms with van der Waals surface area (Å²) in [6, 6.07) is 4.95. The number of benzene rings is 1. The van der Waals surface area contributed by atoms with E-state index in [1.807, 2.05) is 0 Å². The van der Waals surface area contributed by atoms with E-state index in [1.165, 1.54) is 7.11 Å². The fourth-order valence-corrected chi connectivity index (χ4v) is 1.37. The first-order valence-electron chi connectivity index (χ1n) is 4.34. The molecule has 0 aliphatic carbocycles. The van der Waals surface area contributed by atoms with E-state index in [2.05, 4.69) is 4.74 Å². The SMILES string of the molecule is COC(=O)c1ccc(C=CCO)cc1Cl. The van der Waals surface area contributed by atoms with Gasteiger partial charge in [-0.2, -0.15) is 0 Å². The normalized spacial score (nSPS) is 10.6. The molecule has 0 unspecified atom stereocenters. The van der Waals surface area contributed by atoms with Crippen LogP contribution in [0.1, 0.15) is 15.9 Å². The molecule has 0 saturated carbocycles. The molecule has 0 aliphatic rings.